The van der Waals surface area contributed by atoms with Gasteiger partial charge in [0.25, 0.3) is 0 Å². The lowest BCUT2D eigenvalue weighted by atomic mass is 10.2. The molecule has 0 amide bonds. The second kappa shape index (κ2) is 6.03. The number of ether oxygens (including phenoxy) is 1. The number of hydrogen-bond acceptors (Lipinski definition) is 7. The lowest BCUT2D eigenvalue weighted by molar-refractivity contribution is 0.414. The fourth-order valence-electron chi connectivity index (χ4n) is 2.78. The monoisotopic (exact) mass is 350 g/mol. The lowest BCUT2D eigenvalue weighted by Crippen LogP contribution is -2.03. The number of nitrogens with zero attached hydrogens (tertiary/aromatic N) is 6. The lowest BCUT2D eigenvalue weighted by Gasteiger charge is -2.07. The van der Waals surface area contributed by atoms with Crippen molar-refractivity contribution in [3.8, 4) is 17.1 Å². The molecular formula is C17H18N8O. The first kappa shape index (κ1) is 15.9. The molecule has 0 spiro atoms. The van der Waals surface area contributed by atoms with Gasteiger partial charge in [0, 0.05) is 38.1 Å². The van der Waals surface area contributed by atoms with Gasteiger partial charge in [-0.25, -0.2) is 4.98 Å². The van der Waals surface area contributed by atoms with Crippen LogP contribution in [0.5, 0.6) is 5.75 Å². The summed E-state index contributed by atoms with van der Waals surface area (Å²) in [4.78, 5) is 8.94. The van der Waals surface area contributed by atoms with Crippen molar-refractivity contribution < 1.29 is 4.74 Å². The molecule has 4 rings (SSSR count). The van der Waals surface area contributed by atoms with Crippen molar-refractivity contribution in [3.05, 3.63) is 36.7 Å². The Kier molecular flexibility index (Phi) is 3.68. The normalized spacial score (nSPS) is 11.0. The van der Waals surface area contributed by atoms with Crippen LogP contribution < -0.4 is 15.8 Å². The highest BCUT2D eigenvalue weighted by Gasteiger charge is 2.14. The predicted octanol–water partition coefficient (Wildman–Crippen LogP) is 2.10. The molecule has 3 N–H and O–H groups in total. The average Bonchev–Trinajstić information content (AvgIpc) is 3.19. The standard InChI is InChI=1S/C17H18N8O/c1-24-15(8-12(23-24)16-13(26-3)5-4-6-19-16)21-14-7-11(18)10-9-20-25(2)17(10)22-14/h4-9H,1-3H3,(H3,18,21,22). The molecule has 0 saturated carbocycles. The van der Waals surface area contributed by atoms with Crippen LogP contribution in [0.4, 0.5) is 17.3 Å². The summed E-state index contributed by atoms with van der Waals surface area (Å²) >= 11 is 0. The largest absolute Gasteiger partial charge is 0.494 e. The van der Waals surface area contributed by atoms with Gasteiger partial charge in [0.1, 0.15) is 28.8 Å². The van der Waals surface area contributed by atoms with E-state index in [0.717, 1.165) is 11.2 Å². The number of rotatable bonds is 4. The fourth-order valence-corrected chi connectivity index (χ4v) is 2.78. The molecular weight excluding hydrogens is 332 g/mol. The SMILES string of the molecule is COc1cccnc1-c1cc(Nc2cc(N)c3cnn(C)c3n2)n(C)n1. The van der Waals surface area contributed by atoms with E-state index in [9.17, 15) is 0 Å². The number of anilines is 3. The third-order valence-corrected chi connectivity index (χ3v) is 4.11. The molecule has 0 fully saturated rings. The molecule has 4 aromatic rings. The smallest absolute Gasteiger partial charge is 0.161 e. The highest BCUT2D eigenvalue weighted by molar-refractivity contribution is 5.89. The number of nitrogens with two attached hydrogens (primary N) is 1. The average molecular weight is 350 g/mol. The van der Waals surface area contributed by atoms with E-state index in [4.69, 9.17) is 10.5 Å². The number of hydrogen-bond donors (Lipinski definition) is 2. The van der Waals surface area contributed by atoms with Crippen molar-refractivity contribution in [3.63, 3.8) is 0 Å². The summed E-state index contributed by atoms with van der Waals surface area (Å²) < 4.78 is 8.77. The van der Waals surface area contributed by atoms with Gasteiger partial charge in [-0.3, -0.25) is 14.3 Å². The van der Waals surface area contributed by atoms with Crippen molar-refractivity contribution >= 4 is 28.4 Å². The number of methoxy groups -OCH3 is 1. The summed E-state index contributed by atoms with van der Waals surface area (Å²) in [5.74, 6) is 2.03. The molecule has 0 radical (unpaired) electrons. The Hall–Kier alpha value is -3.62. The molecule has 0 saturated heterocycles. The van der Waals surface area contributed by atoms with E-state index in [1.165, 1.54) is 0 Å². The number of nitrogens with one attached hydrogen (secondary N) is 1. The minimum Gasteiger partial charge on any atom is -0.494 e. The molecule has 0 atom stereocenters. The second-order valence-electron chi connectivity index (χ2n) is 5.82. The zero-order valence-electron chi connectivity index (χ0n) is 14.6. The Morgan fingerprint density at radius 3 is 2.85 bits per heavy atom. The first-order chi connectivity index (χ1) is 12.6. The van der Waals surface area contributed by atoms with E-state index in [2.05, 4.69) is 25.5 Å². The van der Waals surface area contributed by atoms with Crippen LogP contribution >= 0.6 is 0 Å². The van der Waals surface area contributed by atoms with Crippen LogP contribution in [0.25, 0.3) is 22.4 Å². The molecule has 0 aliphatic rings. The Morgan fingerprint density at radius 1 is 1.19 bits per heavy atom. The molecule has 0 unspecified atom stereocenters. The molecule has 0 bridgehead atoms. The van der Waals surface area contributed by atoms with Gasteiger partial charge in [-0.15, -0.1) is 0 Å². The van der Waals surface area contributed by atoms with Gasteiger partial charge in [0.15, 0.2) is 5.65 Å². The zero-order chi connectivity index (χ0) is 18.3. The number of nitrogen functional groups attached to an aromatic ring is 1. The van der Waals surface area contributed by atoms with E-state index >= 15 is 0 Å². The summed E-state index contributed by atoms with van der Waals surface area (Å²) in [6, 6.07) is 7.33. The quantitative estimate of drug-likeness (QED) is 0.580. The third-order valence-electron chi connectivity index (χ3n) is 4.11. The van der Waals surface area contributed by atoms with Crippen LogP contribution in [0.15, 0.2) is 36.7 Å². The number of pyridine rings is 2. The number of fused-ring (bicyclic) bond motifs is 1. The molecule has 132 valence electrons. The molecule has 0 aliphatic heterocycles. The Morgan fingerprint density at radius 2 is 2.04 bits per heavy atom. The van der Waals surface area contributed by atoms with Crippen LogP contribution in [-0.2, 0) is 14.1 Å². The number of aromatic nitrogens is 6. The second-order valence-corrected chi connectivity index (χ2v) is 5.82. The predicted molar refractivity (Wildman–Crippen MR) is 99.2 cm³/mol. The van der Waals surface area contributed by atoms with Gasteiger partial charge >= 0.3 is 0 Å². The van der Waals surface area contributed by atoms with Crippen molar-refractivity contribution in [1.82, 2.24) is 29.5 Å². The summed E-state index contributed by atoms with van der Waals surface area (Å²) in [7, 11) is 5.28. The third kappa shape index (κ3) is 2.59. The number of aryl methyl sites for hydroxylation is 2. The van der Waals surface area contributed by atoms with Crippen molar-refractivity contribution in [1.29, 1.82) is 0 Å². The molecule has 4 heterocycles. The fraction of sp³-hybridized carbons (Fsp3) is 0.176. The van der Waals surface area contributed by atoms with Gasteiger partial charge in [-0.1, -0.05) is 0 Å². The topological polar surface area (TPSA) is 109 Å². The van der Waals surface area contributed by atoms with E-state index in [1.807, 2.05) is 32.3 Å². The van der Waals surface area contributed by atoms with Crippen LogP contribution in [0, 0.1) is 0 Å². The van der Waals surface area contributed by atoms with E-state index < -0.39 is 0 Å². The zero-order valence-corrected chi connectivity index (χ0v) is 14.6. The maximum Gasteiger partial charge on any atom is 0.161 e. The molecule has 9 heteroatoms. The highest BCUT2D eigenvalue weighted by atomic mass is 16.5. The van der Waals surface area contributed by atoms with Gasteiger partial charge in [0.05, 0.1) is 18.7 Å². The van der Waals surface area contributed by atoms with Crippen LogP contribution in [0.3, 0.4) is 0 Å². The summed E-state index contributed by atoms with van der Waals surface area (Å²) in [6.07, 6.45) is 3.41. The summed E-state index contributed by atoms with van der Waals surface area (Å²) in [5, 5.41) is 12.8. The highest BCUT2D eigenvalue weighted by Crippen LogP contribution is 2.29. The Bertz CT molecular complexity index is 1100. The first-order valence-electron chi connectivity index (χ1n) is 7.95. The molecule has 26 heavy (non-hydrogen) atoms. The summed E-state index contributed by atoms with van der Waals surface area (Å²) in [6.45, 7) is 0. The van der Waals surface area contributed by atoms with Gasteiger partial charge in [-0.2, -0.15) is 10.2 Å². The first-order valence-corrected chi connectivity index (χ1v) is 7.95. The van der Waals surface area contributed by atoms with Crippen LogP contribution in [0.1, 0.15) is 0 Å². The van der Waals surface area contributed by atoms with Gasteiger partial charge in [0.2, 0.25) is 0 Å². The van der Waals surface area contributed by atoms with E-state index in [1.54, 1.807) is 34.9 Å². The Labute approximate surface area is 149 Å². The maximum atomic E-state index is 6.11. The molecule has 0 aliphatic carbocycles. The minimum atomic E-state index is 0.611. The molecule has 4 aromatic heterocycles. The Balaban J connectivity index is 1.72. The van der Waals surface area contributed by atoms with E-state index in [0.29, 0.717) is 34.3 Å². The van der Waals surface area contributed by atoms with Crippen molar-refractivity contribution in [2.75, 3.05) is 18.2 Å². The molecule has 9 nitrogen and oxygen atoms in total. The maximum absolute atomic E-state index is 6.11. The van der Waals surface area contributed by atoms with Gasteiger partial charge in [-0.05, 0) is 12.1 Å². The summed E-state index contributed by atoms with van der Waals surface area (Å²) in [5.41, 5.74) is 8.80. The van der Waals surface area contributed by atoms with Crippen molar-refractivity contribution in [2.24, 2.45) is 14.1 Å². The van der Waals surface area contributed by atoms with Crippen LogP contribution in [0.2, 0.25) is 0 Å². The van der Waals surface area contributed by atoms with Crippen LogP contribution in [-0.4, -0.2) is 36.6 Å². The molecule has 0 aromatic carbocycles. The van der Waals surface area contributed by atoms with Gasteiger partial charge < -0.3 is 15.8 Å². The van der Waals surface area contributed by atoms with Crippen molar-refractivity contribution in [2.45, 2.75) is 0 Å². The van der Waals surface area contributed by atoms with E-state index in [-0.39, 0.29) is 0 Å². The minimum absolute atomic E-state index is 0.611.